The van der Waals surface area contributed by atoms with E-state index in [1.807, 2.05) is 0 Å². The van der Waals surface area contributed by atoms with Gasteiger partial charge in [-0.3, -0.25) is 9.10 Å². The summed E-state index contributed by atoms with van der Waals surface area (Å²) in [6.45, 7) is 3.06. The van der Waals surface area contributed by atoms with Gasteiger partial charge in [0.1, 0.15) is 16.5 Å². The van der Waals surface area contributed by atoms with Crippen LogP contribution in [0.5, 0.6) is 0 Å². The number of aliphatic hydroxyl groups excluding tert-OH is 1. The van der Waals surface area contributed by atoms with Gasteiger partial charge < -0.3 is 15.2 Å². The number of pyridine rings is 1. The summed E-state index contributed by atoms with van der Waals surface area (Å²) < 4.78 is 25.5. The standard InChI is InChI=1S/C13H11N3O4S2.C3H6O/c1-16-10(13(18)15-9-4-2-3-6-14-9)11(17)12-8(5-7-21-12)22(16,19)20;1-3(2)4/h2-7,17H,1H3,(H,14,15,18);1-2H3. The molecule has 0 aromatic carbocycles. The Morgan fingerprint density at radius 2 is 1.88 bits per heavy atom. The summed E-state index contributed by atoms with van der Waals surface area (Å²) >= 11 is 1.06. The van der Waals surface area contributed by atoms with Gasteiger partial charge in [0.25, 0.3) is 15.9 Å². The number of amides is 1. The second-order valence-corrected chi connectivity index (χ2v) is 8.21. The minimum absolute atomic E-state index is 0.00751. The molecule has 2 aromatic rings. The highest BCUT2D eigenvalue weighted by molar-refractivity contribution is 7.89. The average Bonchev–Trinajstić information content (AvgIpc) is 3.05. The molecular weight excluding hydrogens is 378 g/mol. The maximum Gasteiger partial charge on any atom is 0.278 e. The van der Waals surface area contributed by atoms with Crippen molar-refractivity contribution in [2.75, 3.05) is 12.4 Å². The lowest BCUT2D eigenvalue weighted by atomic mass is 10.3. The maximum atomic E-state index is 12.4. The van der Waals surface area contributed by atoms with E-state index in [1.54, 1.807) is 23.6 Å². The number of carbonyl (C=O) groups excluding carboxylic acids is 2. The predicted molar refractivity (Wildman–Crippen MR) is 98.0 cm³/mol. The summed E-state index contributed by atoms with van der Waals surface area (Å²) in [6, 6.07) is 6.32. The lowest BCUT2D eigenvalue weighted by Gasteiger charge is -2.26. The molecule has 0 saturated carbocycles. The largest absolute Gasteiger partial charge is 0.504 e. The van der Waals surface area contributed by atoms with Crippen LogP contribution >= 0.6 is 11.3 Å². The first-order chi connectivity index (χ1) is 12.2. The topological polar surface area (TPSA) is 117 Å². The summed E-state index contributed by atoms with van der Waals surface area (Å²) in [4.78, 5) is 25.9. The highest BCUT2D eigenvalue weighted by atomic mass is 32.2. The molecule has 10 heteroatoms. The third-order valence-electron chi connectivity index (χ3n) is 3.14. The molecule has 3 rings (SSSR count). The molecule has 26 heavy (non-hydrogen) atoms. The minimum Gasteiger partial charge on any atom is -0.504 e. The van der Waals surface area contributed by atoms with Crippen LogP contribution in [-0.4, -0.2) is 41.6 Å². The van der Waals surface area contributed by atoms with Crippen molar-refractivity contribution in [1.82, 2.24) is 9.29 Å². The summed E-state index contributed by atoms with van der Waals surface area (Å²) in [7, 11) is -2.63. The van der Waals surface area contributed by atoms with Crippen molar-refractivity contribution >= 4 is 44.6 Å². The molecule has 0 aliphatic carbocycles. The number of sulfonamides is 1. The second-order valence-electron chi connectivity index (χ2n) is 5.36. The van der Waals surface area contributed by atoms with E-state index in [1.165, 1.54) is 33.2 Å². The molecule has 0 unspecified atom stereocenters. The van der Waals surface area contributed by atoms with Crippen LogP contribution in [-0.2, 0) is 19.6 Å². The Morgan fingerprint density at radius 3 is 2.46 bits per heavy atom. The number of thiophene rings is 1. The number of hydrogen-bond donors (Lipinski definition) is 2. The summed E-state index contributed by atoms with van der Waals surface area (Å²) in [5.41, 5.74) is -0.333. The molecule has 138 valence electrons. The van der Waals surface area contributed by atoms with Crippen LogP contribution in [0.3, 0.4) is 0 Å². The molecule has 0 saturated heterocycles. The van der Waals surface area contributed by atoms with Gasteiger partial charge in [0.15, 0.2) is 11.5 Å². The first-order valence-corrected chi connectivity index (χ1v) is 9.67. The molecule has 0 bridgehead atoms. The van der Waals surface area contributed by atoms with Crippen LogP contribution in [0.25, 0.3) is 5.76 Å². The third kappa shape index (κ3) is 3.92. The van der Waals surface area contributed by atoms with E-state index in [0.717, 1.165) is 15.6 Å². The Kier molecular flexibility index (Phi) is 5.78. The van der Waals surface area contributed by atoms with Crippen molar-refractivity contribution in [3.63, 3.8) is 0 Å². The fraction of sp³-hybridized carbons (Fsp3) is 0.188. The number of anilines is 1. The number of hydrogen-bond acceptors (Lipinski definition) is 7. The van der Waals surface area contributed by atoms with Crippen molar-refractivity contribution in [2.45, 2.75) is 18.7 Å². The van der Waals surface area contributed by atoms with Gasteiger partial charge in [0.05, 0.1) is 4.88 Å². The van der Waals surface area contributed by atoms with Gasteiger partial charge in [0, 0.05) is 13.2 Å². The SMILES string of the molecule is CC(C)=O.CN1C(C(=O)Nc2ccccn2)=C(O)c2sccc2S1(=O)=O. The lowest BCUT2D eigenvalue weighted by Crippen LogP contribution is -2.36. The quantitative estimate of drug-likeness (QED) is 0.805. The van der Waals surface area contributed by atoms with Crippen molar-refractivity contribution in [3.05, 3.63) is 46.4 Å². The fourth-order valence-electron chi connectivity index (χ4n) is 2.06. The number of aromatic nitrogens is 1. The number of nitrogens with one attached hydrogen (secondary N) is 1. The van der Waals surface area contributed by atoms with E-state index in [0.29, 0.717) is 0 Å². The zero-order valence-electron chi connectivity index (χ0n) is 14.3. The number of aliphatic hydroxyl groups is 1. The molecule has 1 aliphatic rings. The number of ketones is 1. The van der Waals surface area contributed by atoms with Crippen LogP contribution in [0.4, 0.5) is 5.82 Å². The summed E-state index contributed by atoms with van der Waals surface area (Å²) in [5, 5.41) is 14.3. The maximum absolute atomic E-state index is 12.4. The number of Topliss-reactive ketones (excluding diaryl/α,β-unsaturated/α-hetero) is 1. The summed E-state index contributed by atoms with van der Waals surface area (Å²) in [6.07, 6.45) is 1.49. The Bertz CT molecular complexity index is 961. The Morgan fingerprint density at radius 1 is 1.23 bits per heavy atom. The normalized spacial score (nSPS) is 14.8. The van der Waals surface area contributed by atoms with E-state index in [2.05, 4.69) is 10.3 Å². The Balaban J connectivity index is 0.000000552. The van der Waals surface area contributed by atoms with Crippen molar-refractivity contribution < 1.29 is 23.1 Å². The van der Waals surface area contributed by atoms with Crippen molar-refractivity contribution in [3.8, 4) is 0 Å². The van der Waals surface area contributed by atoms with E-state index in [4.69, 9.17) is 0 Å². The predicted octanol–water partition coefficient (Wildman–Crippen LogP) is 2.24. The molecule has 0 spiro atoms. The number of carbonyl (C=O) groups is 2. The number of nitrogens with zero attached hydrogens (tertiary/aromatic N) is 2. The van der Waals surface area contributed by atoms with Gasteiger partial charge in [-0.1, -0.05) is 6.07 Å². The van der Waals surface area contributed by atoms with Crippen LogP contribution in [0, 0.1) is 0 Å². The van der Waals surface area contributed by atoms with Gasteiger partial charge >= 0.3 is 0 Å². The molecule has 1 aliphatic heterocycles. The molecule has 0 atom stereocenters. The average molecular weight is 395 g/mol. The Hall–Kier alpha value is -2.72. The van der Waals surface area contributed by atoms with Gasteiger partial charge in [-0.2, -0.15) is 0 Å². The van der Waals surface area contributed by atoms with Crippen molar-refractivity contribution in [1.29, 1.82) is 0 Å². The highest BCUT2D eigenvalue weighted by Crippen LogP contribution is 2.38. The molecule has 1 amide bonds. The first kappa shape index (κ1) is 19.6. The minimum atomic E-state index is -3.85. The van der Waals surface area contributed by atoms with Gasteiger partial charge in [-0.05, 0) is 37.4 Å². The molecule has 0 fully saturated rings. The highest BCUT2D eigenvalue weighted by Gasteiger charge is 2.38. The molecular formula is C16H17N3O5S2. The van der Waals surface area contributed by atoms with Gasteiger partial charge in [-0.25, -0.2) is 13.4 Å². The molecule has 8 nitrogen and oxygen atoms in total. The second kappa shape index (κ2) is 7.67. The third-order valence-corrected chi connectivity index (χ3v) is 5.99. The molecule has 3 heterocycles. The number of rotatable bonds is 2. The van der Waals surface area contributed by atoms with Crippen LogP contribution in [0.15, 0.2) is 46.4 Å². The summed E-state index contributed by atoms with van der Waals surface area (Å²) in [5.74, 6) is -0.687. The van der Waals surface area contributed by atoms with Crippen LogP contribution in [0.1, 0.15) is 18.7 Å². The van der Waals surface area contributed by atoms with E-state index in [-0.39, 0.29) is 32.8 Å². The monoisotopic (exact) mass is 395 g/mol. The number of fused-ring (bicyclic) bond motifs is 1. The first-order valence-electron chi connectivity index (χ1n) is 7.36. The van der Waals surface area contributed by atoms with Crippen molar-refractivity contribution in [2.24, 2.45) is 0 Å². The van der Waals surface area contributed by atoms with Gasteiger partial charge in [-0.15, -0.1) is 11.3 Å². The number of likely N-dealkylation sites (N-methyl/N-ethyl adjacent to an activating group) is 1. The lowest BCUT2D eigenvalue weighted by molar-refractivity contribution is -0.115. The van der Waals surface area contributed by atoms with Gasteiger partial charge in [0.2, 0.25) is 0 Å². The smallest absolute Gasteiger partial charge is 0.278 e. The molecule has 2 aromatic heterocycles. The van der Waals surface area contributed by atoms with Crippen LogP contribution in [0.2, 0.25) is 0 Å². The van der Waals surface area contributed by atoms with Crippen LogP contribution < -0.4 is 5.32 Å². The zero-order chi connectivity index (χ0) is 19.5. The zero-order valence-corrected chi connectivity index (χ0v) is 15.9. The van der Waals surface area contributed by atoms with E-state index in [9.17, 15) is 23.1 Å². The van der Waals surface area contributed by atoms with E-state index < -0.39 is 15.9 Å². The molecule has 0 radical (unpaired) electrons. The Labute approximate surface area is 154 Å². The fourth-order valence-corrected chi connectivity index (χ4v) is 4.62. The van der Waals surface area contributed by atoms with E-state index >= 15 is 0 Å². The molecule has 2 N–H and O–H groups in total.